The minimum atomic E-state index is -4.47. The van der Waals surface area contributed by atoms with E-state index < -0.39 is 11.7 Å². The monoisotopic (exact) mass is 353 g/mol. The second-order valence-corrected chi connectivity index (χ2v) is 6.75. The number of alkyl halides is 3. The van der Waals surface area contributed by atoms with Crippen molar-refractivity contribution >= 4 is 23.4 Å². The summed E-state index contributed by atoms with van der Waals surface area (Å²) in [5.74, 6) is 0.967. The second kappa shape index (κ2) is 7.79. The molecule has 1 aromatic rings. The van der Waals surface area contributed by atoms with Crippen molar-refractivity contribution in [1.29, 1.82) is 0 Å². The van der Waals surface area contributed by atoms with Crippen LogP contribution in [0, 0.1) is 5.92 Å². The van der Waals surface area contributed by atoms with Crippen molar-refractivity contribution in [3.63, 3.8) is 0 Å². The van der Waals surface area contributed by atoms with Crippen molar-refractivity contribution in [3.05, 3.63) is 28.8 Å². The summed E-state index contributed by atoms with van der Waals surface area (Å²) in [6, 6.07) is 3.68. The fourth-order valence-corrected chi connectivity index (χ4v) is 3.25. The van der Waals surface area contributed by atoms with E-state index in [1.807, 2.05) is 6.26 Å². The van der Waals surface area contributed by atoms with Crippen LogP contribution >= 0.6 is 23.4 Å². The van der Waals surface area contributed by atoms with Crippen LogP contribution in [0.2, 0.25) is 5.02 Å². The zero-order valence-corrected chi connectivity index (χ0v) is 13.8. The third-order valence-corrected chi connectivity index (χ3v) is 4.64. The first-order valence-corrected chi connectivity index (χ1v) is 8.92. The van der Waals surface area contributed by atoms with Crippen molar-refractivity contribution in [2.45, 2.75) is 25.1 Å². The number of ether oxygens (including phenoxy) is 1. The third-order valence-electron chi connectivity index (χ3n) is 3.76. The molecule has 2 nitrogen and oxygen atoms in total. The van der Waals surface area contributed by atoms with Crippen LogP contribution in [0.3, 0.4) is 0 Å². The Morgan fingerprint density at radius 2 is 2.23 bits per heavy atom. The van der Waals surface area contributed by atoms with Crippen LogP contribution in [0.4, 0.5) is 13.2 Å². The fourth-order valence-electron chi connectivity index (χ4n) is 2.61. The summed E-state index contributed by atoms with van der Waals surface area (Å²) in [6.45, 7) is 1.67. The van der Waals surface area contributed by atoms with Gasteiger partial charge < -0.3 is 10.1 Å². The van der Waals surface area contributed by atoms with E-state index in [1.54, 1.807) is 11.8 Å². The molecule has 0 saturated carbocycles. The molecule has 7 heteroatoms. The van der Waals surface area contributed by atoms with Crippen molar-refractivity contribution < 1.29 is 17.9 Å². The molecule has 0 aromatic heterocycles. The van der Waals surface area contributed by atoms with Gasteiger partial charge in [0.2, 0.25) is 0 Å². The Balaban J connectivity index is 2.21. The number of hydrogen-bond acceptors (Lipinski definition) is 3. The summed E-state index contributed by atoms with van der Waals surface area (Å²) in [5, 5.41) is 3.30. The molecule has 2 atom stereocenters. The van der Waals surface area contributed by atoms with Gasteiger partial charge in [-0.2, -0.15) is 24.9 Å². The van der Waals surface area contributed by atoms with Gasteiger partial charge in [0.1, 0.15) is 11.9 Å². The highest BCUT2D eigenvalue weighted by molar-refractivity contribution is 7.98. The summed E-state index contributed by atoms with van der Waals surface area (Å²) >= 11 is 7.37. The number of rotatable bonds is 6. The first kappa shape index (κ1) is 17.8. The quantitative estimate of drug-likeness (QED) is 0.815. The van der Waals surface area contributed by atoms with E-state index in [-0.39, 0.29) is 22.8 Å². The highest BCUT2D eigenvalue weighted by atomic mass is 35.5. The van der Waals surface area contributed by atoms with Crippen molar-refractivity contribution in [2.24, 2.45) is 5.92 Å². The minimum Gasteiger partial charge on any atom is -0.489 e. The van der Waals surface area contributed by atoms with E-state index in [4.69, 9.17) is 16.3 Å². The molecule has 1 N–H and O–H groups in total. The second-order valence-electron chi connectivity index (χ2n) is 5.33. The topological polar surface area (TPSA) is 21.3 Å². The SMILES string of the molecule is CSCCC(Oc1ccc(Cl)cc1C(F)(F)F)C1CCNC1. The molecule has 1 heterocycles. The summed E-state index contributed by atoms with van der Waals surface area (Å²) in [4.78, 5) is 0. The van der Waals surface area contributed by atoms with Crippen molar-refractivity contribution in [1.82, 2.24) is 5.32 Å². The highest BCUT2D eigenvalue weighted by Crippen LogP contribution is 2.39. The van der Waals surface area contributed by atoms with Gasteiger partial charge in [0.15, 0.2) is 0 Å². The number of thioether (sulfide) groups is 1. The number of halogens is 4. The minimum absolute atomic E-state index is 0.0582. The zero-order chi connectivity index (χ0) is 16.2. The number of nitrogens with one attached hydrogen (secondary N) is 1. The molecule has 2 rings (SSSR count). The Morgan fingerprint density at radius 1 is 1.45 bits per heavy atom. The van der Waals surface area contributed by atoms with Crippen LogP contribution in [-0.2, 0) is 6.18 Å². The molecular formula is C15H19ClF3NOS. The predicted octanol–water partition coefficient (Wildman–Crippen LogP) is 4.47. The largest absolute Gasteiger partial charge is 0.489 e. The van der Waals surface area contributed by atoms with E-state index in [1.165, 1.54) is 12.1 Å². The van der Waals surface area contributed by atoms with Gasteiger partial charge in [0.05, 0.1) is 5.56 Å². The lowest BCUT2D eigenvalue weighted by atomic mass is 9.99. The molecule has 22 heavy (non-hydrogen) atoms. The van der Waals surface area contributed by atoms with Gasteiger partial charge in [-0.05, 0) is 49.6 Å². The molecular weight excluding hydrogens is 335 g/mol. The highest BCUT2D eigenvalue weighted by Gasteiger charge is 2.36. The Morgan fingerprint density at radius 3 is 2.82 bits per heavy atom. The maximum atomic E-state index is 13.2. The van der Waals surface area contributed by atoms with E-state index in [2.05, 4.69) is 5.32 Å². The third kappa shape index (κ3) is 4.70. The lowest BCUT2D eigenvalue weighted by Gasteiger charge is -2.26. The molecule has 0 radical (unpaired) electrons. The fraction of sp³-hybridized carbons (Fsp3) is 0.600. The zero-order valence-electron chi connectivity index (χ0n) is 12.3. The van der Waals surface area contributed by atoms with Gasteiger partial charge in [0, 0.05) is 17.5 Å². The van der Waals surface area contributed by atoms with Gasteiger partial charge in [-0.25, -0.2) is 0 Å². The normalized spacial score (nSPS) is 20.1. The standard InChI is InChI=1S/C15H19ClF3NOS/c1-22-7-5-13(10-4-6-20-9-10)21-14-3-2-11(16)8-12(14)15(17,18)19/h2-3,8,10,13,20H,4-7,9H2,1H3. The molecule has 0 spiro atoms. The molecule has 0 bridgehead atoms. The van der Waals surface area contributed by atoms with Crippen LogP contribution in [0.15, 0.2) is 18.2 Å². The molecule has 124 valence electrons. The van der Waals surface area contributed by atoms with Gasteiger partial charge in [-0.15, -0.1) is 0 Å². The van der Waals surface area contributed by atoms with Crippen LogP contribution in [0.5, 0.6) is 5.75 Å². The first-order chi connectivity index (χ1) is 10.4. The van der Waals surface area contributed by atoms with Crippen LogP contribution in [0.25, 0.3) is 0 Å². The molecule has 1 fully saturated rings. The summed E-state index contributed by atoms with van der Waals surface area (Å²) in [6.07, 6.45) is -1.06. The van der Waals surface area contributed by atoms with Crippen LogP contribution in [-0.4, -0.2) is 31.2 Å². The summed E-state index contributed by atoms with van der Waals surface area (Å²) in [7, 11) is 0. The molecule has 1 aliphatic rings. The van der Waals surface area contributed by atoms with Gasteiger partial charge in [0.25, 0.3) is 0 Å². The van der Waals surface area contributed by atoms with Crippen molar-refractivity contribution in [3.8, 4) is 5.75 Å². The number of benzene rings is 1. The number of hydrogen-bond donors (Lipinski definition) is 1. The molecule has 0 aliphatic carbocycles. The lowest BCUT2D eigenvalue weighted by Crippen LogP contribution is -2.30. The molecule has 2 unspecified atom stereocenters. The Labute approximate surface area is 137 Å². The van der Waals surface area contributed by atoms with E-state index in [9.17, 15) is 13.2 Å². The first-order valence-electron chi connectivity index (χ1n) is 7.15. The average molecular weight is 354 g/mol. The van der Waals surface area contributed by atoms with E-state index >= 15 is 0 Å². The Kier molecular flexibility index (Phi) is 6.29. The predicted molar refractivity (Wildman–Crippen MR) is 84.8 cm³/mol. The maximum absolute atomic E-state index is 13.2. The van der Waals surface area contributed by atoms with Gasteiger partial charge in [-0.1, -0.05) is 11.6 Å². The van der Waals surface area contributed by atoms with E-state index in [0.29, 0.717) is 0 Å². The van der Waals surface area contributed by atoms with E-state index in [0.717, 1.165) is 37.8 Å². The summed E-state index contributed by atoms with van der Waals surface area (Å²) < 4.78 is 45.2. The smallest absolute Gasteiger partial charge is 0.420 e. The van der Waals surface area contributed by atoms with Crippen LogP contribution < -0.4 is 10.1 Å². The Hall–Kier alpha value is -0.590. The molecule has 0 amide bonds. The average Bonchev–Trinajstić information content (AvgIpc) is 2.98. The summed E-state index contributed by atoms with van der Waals surface area (Å²) in [5.41, 5.74) is -0.805. The lowest BCUT2D eigenvalue weighted by molar-refractivity contribution is -0.139. The maximum Gasteiger partial charge on any atom is 0.420 e. The molecule has 1 aliphatic heterocycles. The van der Waals surface area contributed by atoms with Gasteiger partial charge >= 0.3 is 6.18 Å². The van der Waals surface area contributed by atoms with Gasteiger partial charge in [-0.3, -0.25) is 0 Å². The molecule has 1 aromatic carbocycles. The van der Waals surface area contributed by atoms with Crippen molar-refractivity contribution in [2.75, 3.05) is 25.1 Å². The van der Waals surface area contributed by atoms with Crippen LogP contribution in [0.1, 0.15) is 18.4 Å². The Bertz CT molecular complexity index is 492. The molecule has 1 saturated heterocycles.